The van der Waals surface area contributed by atoms with Gasteiger partial charge in [-0.25, -0.2) is 0 Å². The monoisotopic (exact) mass is 679 g/mol. The molecule has 3 heterocycles. The number of carbonyl (C=O) groups excluding carboxylic acids is 3. The lowest BCUT2D eigenvalue weighted by atomic mass is 9.70. The number of rotatable bonds is 13. The van der Waals surface area contributed by atoms with Gasteiger partial charge in [-0.3, -0.25) is 14.4 Å². The van der Waals surface area contributed by atoms with Crippen LogP contribution >= 0.6 is 27.7 Å². The number of likely N-dealkylation sites (tertiary alicyclic amines) is 1. The van der Waals surface area contributed by atoms with E-state index >= 15 is 0 Å². The predicted molar refractivity (Wildman–Crippen MR) is 181 cm³/mol. The molecule has 7 nitrogen and oxygen atoms in total. The van der Waals surface area contributed by atoms with E-state index in [1.165, 1.54) is 0 Å². The van der Waals surface area contributed by atoms with Crippen LogP contribution in [0.15, 0.2) is 73.8 Å². The number of fused-ring (bicyclic) bond motifs is 1. The Kier molecular flexibility index (Phi) is 10.1. The summed E-state index contributed by atoms with van der Waals surface area (Å²) < 4.78 is -0.755. The second-order valence-corrected chi connectivity index (χ2v) is 14.8. The summed E-state index contributed by atoms with van der Waals surface area (Å²) in [6.07, 6.45) is 5.16. The minimum Gasteiger partial charge on any atom is -0.396 e. The lowest BCUT2D eigenvalue weighted by Crippen LogP contribution is -2.56. The van der Waals surface area contributed by atoms with Crippen molar-refractivity contribution in [3.8, 4) is 0 Å². The molecule has 0 saturated carbocycles. The van der Waals surface area contributed by atoms with E-state index in [2.05, 4.69) is 29.1 Å². The average molecular weight is 681 g/mol. The minimum absolute atomic E-state index is 0.0115. The highest BCUT2D eigenvalue weighted by atomic mass is 79.9. The number of benzene rings is 2. The molecule has 234 valence electrons. The van der Waals surface area contributed by atoms with Gasteiger partial charge in [0.05, 0.1) is 16.6 Å². The average Bonchev–Trinajstić information content (AvgIpc) is 3.59. The number of hydrogen-bond donors (Lipinski definition) is 1. The Morgan fingerprint density at radius 1 is 1.05 bits per heavy atom. The summed E-state index contributed by atoms with van der Waals surface area (Å²) in [6.45, 7) is 13.3. The number of halogens is 1. The molecule has 3 aliphatic rings. The second kappa shape index (κ2) is 13.6. The Bertz CT molecular complexity index is 1400. The minimum atomic E-state index is -0.755. The first-order chi connectivity index (χ1) is 21.2. The van der Waals surface area contributed by atoms with Crippen LogP contribution in [0.25, 0.3) is 0 Å². The van der Waals surface area contributed by atoms with Crippen molar-refractivity contribution < 1.29 is 19.5 Å². The van der Waals surface area contributed by atoms with Crippen LogP contribution in [0.3, 0.4) is 0 Å². The van der Waals surface area contributed by atoms with Gasteiger partial charge in [-0.1, -0.05) is 76.6 Å². The number of thioether (sulfide) groups is 1. The fourth-order valence-corrected chi connectivity index (χ4v) is 11.1. The molecule has 3 unspecified atom stereocenters. The summed E-state index contributed by atoms with van der Waals surface area (Å²) in [5.41, 5.74) is 3.79. The first kappa shape index (κ1) is 32.5. The Labute approximate surface area is 273 Å². The van der Waals surface area contributed by atoms with Gasteiger partial charge < -0.3 is 19.8 Å². The highest BCUT2D eigenvalue weighted by Gasteiger charge is 2.76. The van der Waals surface area contributed by atoms with E-state index < -0.39 is 22.6 Å². The van der Waals surface area contributed by atoms with E-state index in [0.29, 0.717) is 45.4 Å². The largest absolute Gasteiger partial charge is 0.396 e. The van der Waals surface area contributed by atoms with E-state index in [-0.39, 0.29) is 34.4 Å². The maximum Gasteiger partial charge on any atom is 0.251 e. The van der Waals surface area contributed by atoms with Crippen molar-refractivity contribution in [2.24, 2.45) is 11.8 Å². The van der Waals surface area contributed by atoms with Gasteiger partial charge in [0.15, 0.2) is 0 Å². The molecule has 3 amide bonds. The number of aryl methyl sites for hydroxylation is 2. The summed E-state index contributed by atoms with van der Waals surface area (Å²) in [6, 6.07) is 15.1. The molecule has 3 saturated heterocycles. The summed E-state index contributed by atoms with van der Waals surface area (Å²) in [5, 5.41) is 9.40. The van der Waals surface area contributed by atoms with Crippen LogP contribution in [-0.4, -0.2) is 79.7 Å². The van der Waals surface area contributed by atoms with Crippen molar-refractivity contribution in [2.45, 2.75) is 60.5 Å². The lowest BCUT2D eigenvalue weighted by molar-refractivity contribution is -0.144. The van der Waals surface area contributed by atoms with E-state index in [4.69, 9.17) is 0 Å². The Hall–Kier alpha value is -2.88. The number of para-hydroxylation sites is 1. The molecule has 2 bridgehead atoms. The van der Waals surface area contributed by atoms with Crippen LogP contribution < -0.4 is 4.90 Å². The standard InChI is InChI=1S/C35H42BrN3O4S/c1-5-17-37(22-25-15-8-7-9-16-25)32(41)27-28-33(42)39(19-10-11-20-40)31(35(28)21-26(36)30(27)44-35)34(43)38(18-6-2)29-23(3)13-12-14-24(29)4/h5-9,12-16,26-28,30-31,40H,1-2,10-11,17-22H2,3-4H3/t26?,27-,28-,30-,31?,35?/m0/s1. The molecule has 1 N–H and O–H groups in total. The van der Waals surface area contributed by atoms with Crippen molar-refractivity contribution in [1.82, 2.24) is 9.80 Å². The van der Waals surface area contributed by atoms with Gasteiger partial charge in [0.1, 0.15) is 6.04 Å². The SMILES string of the molecule is C=CCN(Cc1ccccc1)C(=O)[C@H]1[C@H]2C(=O)N(CCCCO)C(C(=O)N(CC=C)c3c(C)cccc3C)C23CC(Br)[C@@H]1S3. The van der Waals surface area contributed by atoms with E-state index in [0.717, 1.165) is 22.4 Å². The maximum atomic E-state index is 14.9. The third kappa shape index (κ3) is 5.67. The third-order valence-electron chi connectivity index (χ3n) is 9.28. The summed E-state index contributed by atoms with van der Waals surface area (Å²) in [7, 11) is 0. The van der Waals surface area contributed by atoms with Crippen molar-refractivity contribution in [1.29, 1.82) is 0 Å². The molecule has 2 aromatic rings. The first-order valence-corrected chi connectivity index (χ1v) is 17.1. The molecular formula is C35H42BrN3O4S. The van der Waals surface area contributed by atoms with E-state index in [1.54, 1.807) is 38.6 Å². The number of alkyl halides is 1. The summed E-state index contributed by atoms with van der Waals surface area (Å²) >= 11 is 5.54. The van der Waals surface area contributed by atoms with Crippen LogP contribution in [0.1, 0.15) is 36.0 Å². The normalized spacial score (nSPS) is 26.9. The van der Waals surface area contributed by atoms with Crippen LogP contribution in [0.4, 0.5) is 5.69 Å². The molecular weight excluding hydrogens is 638 g/mol. The van der Waals surface area contributed by atoms with E-state index in [9.17, 15) is 19.5 Å². The van der Waals surface area contributed by atoms with Gasteiger partial charge in [-0.05, 0) is 49.8 Å². The van der Waals surface area contributed by atoms with Gasteiger partial charge in [0.25, 0.3) is 5.91 Å². The van der Waals surface area contributed by atoms with E-state index in [1.807, 2.05) is 62.4 Å². The summed E-state index contributed by atoms with van der Waals surface area (Å²) in [4.78, 5) is 49.2. The molecule has 2 aromatic carbocycles. The molecule has 5 rings (SSSR count). The van der Waals surface area contributed by atoms with Gasteiger partial charge >= 0.3 is 0 Å². The number of aliphatic hydroxyl groups is 1. The third-order valence-corrected chi connectivity index (χ3v) is 12.5. The smallest absolute Gasteiger partial charge is 0.251 e. The summed E-state index contributed by atoms with van der Waals surface area (Å²) in [5.74, 6) is -1.53. The molecule has 0 radical (unpaired) electrons. The molecule has 1 spiro atoms. The topological polar surface area (TPSA) is 81.2 Å². The quantitative estimate of drug-likeness (QED) is 0.177. The first-order valence-electron chi connectivity index (χ1n) is 15.4. The fourth-order valence-electron chi connectivity index (χ4n) is 7.53. The highest BCUT2D eigenvalue weighted by molar-refractivity contribution is 9.09. The molecule has 3 fully saturated rings. The molecule has 3 aliphatic heterocycles. The number of carbonyl (C=O) groups is 3. The number of amides is 3. The molecule has 44 heavy (non-hydrogen) atoms. The van der Waals surface area contributed by atoms with Gasteiger partial charge in [-0.2, -0.15) is 0 Å². The van der Waals surface area contributed by atoms with Crippen molar-refractivity contribution >= 4 is 51.1 Å². The van der Waals surface area contributed by atoms with Crippen molar-refractivity contribution in [3.05, 3.63) is 90.5 Å². The Balaban J connectivity index is 1.57. The maximum absolute atomic E-state index is 14.9. The Morgan fingerprint density at radius 2 is 1.73 bits per heavy atom. The zero-order valence-corrected chi connectivity index (χ0v) is 27.9. The number of hydrogen-bond acceptors (Lipinski definition) is 5. The molecule has 9 heteroatoms. The number of aliphatic hydroxyl groups excluding tert-OH is 1. The molecule has 6 atom stereocenters. The molecule has 0 aliphatic carbocycles. The zero-order chi connectivity index (χ0) is 31.6. The number of nitrogens with zero attached hydrogens (tertiary/aromatic N) is 3. The van der Waals surface area contributed by atoms with Crippen LogP contribution in [0.5, 0.6) is 0 Å². The lowest BCUT2D eigenvalue weighted by Gasteiger charge is -2.39. The van der Waals surface area contributed by atoms with Gasteiger partial charge in [0, 0.05) is 48.6 Å². The predicted octanol–water partition coefficient (Wildman–Crippen LogP) is 5.27. The zero-order valence-electron chi connectivity index (χ0n) is 25.5. The van der Waals surface area contributed by atoms with Crippen molar-refractivity contribution in [2.75, 3.05) is 31.1 Å². The highest BCUT2D eigenvalue weighted by Crippen LogP contribution is 2.68. The molecule has 0 aromatic heterocycles. The Morgan fingerprint density at radius 3 is 2.36 bits per heavy atom. The van der Waals surface area contributed by atoms with Gasteiger partial charge in [-0.15, -0.1) is 24.9 Å². The van der Waals surface area contributed by atoms with Crippen LogP contribution in [0.2, 0.25) is 0 Å². The fraction of sp³-hybridized carbons (Fsp3) is 0.457. The second-order valence-electron chi connectivity index (χ2n) is 12.1. The number of unbranched alkanes of at least 4 members (excludes halogenated alkanes) is 1. The van der Waals surface area contributed by atoms with Gasteiger partial charge in [0.2, 0.25) is 11.8 Å². The number of anilines is 1. The van der Waals surface area contributed by atoms with Crippen molar-refractivity contribution in [3.63, 3.8) is 0 Å². The van der Waals surface area contributed by atoms with Crippen LogP contribution in [0, 0.1) is 25.7 Å². The van der Waals surface area contributed by atoms with Crippen LogP contribution in [-0.2, 0) is 20.9 Å².